The molecule has 0 bridgehead atoms. The average Bonchev–Trinajstić information content (AvgIpc) is 3.03. The van der Waals surface area contributed by atoms with E-state index < -0.39 is 0 Å². The van der Waals surface area contributed by atoms with Gasteiger partial charge in [-0.25, -0.2) is 14.5 Å². The van der Waals surface area contributed by atoms with E-state index in [1.165, 1.54) is 10.6 Å². The van der Waals surface area contributed by atoms with Crippen molar-refractivity contribution in [3.63, 3.8) is 0 Å². The number of hydrogen-bond donors (Lipinski definition) is 2. The molecule has 0 aliphatic heterocycles. The number of H-pyrrole nitrogens is 2. The Balaban J connectivity index is 1.84. The number of aromatic amines is 2. The largest absolute Gasteiger partial charge is 0.311 e. The van der Waals surface area contributed by atoms with Crippen LogP contribution in [0.3, 0.4) is 0 Å². The van der Waals surface area contributed by atoms with Crippen LogP contribution in [0.4, 0.5) is 0 Å². The average molecular weight is 361 g/mol. The molecule has 0 aliphatic rings. The van der Waals surface area contributed by atoms with Gasteiger partial charge in [-0.05, 0) is 26.3 Å². The van der Waals surface area contributed by atoms with Crippen LogP contribution in [-0.4, -0.2) is 24.6 Å². The van der Waals surface area contributed by atoms with Crippen LogP contribution in [0.15, 0.2) is 46.1 Å². The summed E-state index contributed by atoms with van der Waals surface area (Å²) in [5, 5.41) is 2.95. The SMILES string of the molecule is Cc1ccc(-c2c[nH]n3c(=O)cc(Cc4c(C)nc(C)[nH]c4=O)nc23)cc1. The molecule has 2 N–H and O–H groups in total. The van der Waals surface area contributed by atoms with E-state index in [1.807, 2.05) is 31.2 Å². The van der Waals surface area contributed by atoms with Crippen LogP contribution in [0.25, 0.3) is 16.8 Å². The molecule has 7 heteroatoms. The Kier molecular flexibility index (Phi) is 3.99. The van der Waals surface area contributed by atoms with E-state index in [-0.39, 0.29) is 17.5 Å². The van der Waals surface area contributed by atoms with Crippen molar-refractivity contribution in [2.45, 2.75) is 27.2 Å². The highest BCUT2D eigenvalue weighted by Crippen LogP contribution is 2.23. The third-order valence-corrected chi connectivity index (χ3v) is 4.61. The molecular formula is C20H19N5O2. The summed E-state index contributed by atoms with van der Waals surface area (Å²) >= 11 is 0. The zero-order chi connectivity index (χ0) is 19.1. The Bertz CT molecular complexity index is 1260. The number of aryl methyl sites for hydroxylation is 3. The van der Waals surface area contributed by atoms with Crippen molar-refractivity contribution in [2.75, 3.05) is 0 Å². The Morgan fingerprint density at radius 3 is 2.48 bits per heavy atom. The highest BCUT2D eigenvalue weighted by molar-refractivity contribution is 5.77. The molecule has 7 nitrogen and oxygen atoms in total. The molecule has 4 rings (SSSR count). The first-order chi connectivity index (χ1) is 12.9. The lowest BCUT2D eigenvalue weighted by atomic mass is 10.1. The molecule has 0 atom stereocenters. The van der Waals surface area contributed by atoms with Crippen molar-refractivity contribution >= 4 is 5.65 Å². The molecular weight excluding hydrogens is 342 g/mol. The van der Waals surface area contributed by atoms with Crippen molar-refractivity contribution in [3.05, 3.63) is 85.6 Å². The first kappa shape index (κ1) is 17.0. The fourth-order valence-electron chi connectivity index (χ4n) is 3.21. The number of rotatable bonds is 3. The topological polar surface area (TPSA) is 95.9 Å². The summed E-state index contributed by atoms with van der Waals surface area (Å²) in [7, 11) is 0. The molecule has 0 saturated heterocycles. The van der Waals surface area contributed by atoms with Crippen LogP contribution in [0.1, 0.15) is 28.3 Å². The number of nitrogens with zero attached hydrogens (tertiary/aromatic N) is 3. The van der Waals surface area contributed by atoms with Gasteiger partial charge in [0, 0.05) is 35.5 Å². The van der Waals surface area contributed by atoms with Gasteiger partial charge in [0.25, 0.3) is 11.1 Å². The Morgan fingerprint density at radius 1 is 1.04 bits per heavy atom. The predicted octanol–water partition coefficient (Wildman–Crippen LogP) is 2.29. The summed E-state index contributed by atoms with van der Waals surface area (Å²) in [5.41, 5.74) is 4.78. The maximum absolute atomic E-state index is 12.5. The molecule has 0 saturated carbocycles. The summed E-state index contributed by atoms with van der Waals surface area (Å²) in [5.74, 6) is 0.567. The lowest BCUT2D eigenvalue weighted by molar-refractivity contribution is 0.868. The molecule has 3 aromatic heterocycles. The van der Waals surface area contributed by atoms with Crippen LogP contribution in [-0.2, 0) is 6.42 Å². The van der Waals surface area contributed by atoms with Crippen LogP contribution in [0.5, 0.6) is 0 Å². The summed E-state index contributed by atoms with van der Waals surface area (Å²) in [6.45, 7) is 5.55. The standard InChI is InChI=1S/C20H19N5O2/c1-11-4-6-14(7-5-11)17-10-21-25-18(26)9-15(24-19(17)25)8-16-12(2)22-13(3)23-20(16)27/h4-7,9-10,21H,8H2,1-3H3,(H,22,23,27). The fraction of sp³-hybridized carbons (Fsp3) is 0.200. The smallest absolute Gasteiger partial charge is 0.272 e. The fourth-order valence-corrected chi connectivity index (χ4v) is 3.21. The second kappa shape index (κ2) is 6.35. The van der Waals surface area contributed by atoms with Gasteiger partial charge in [-0.15, -0.1) is 0 Å². The van der Waals surface area contributed by atoms with Gasteiger partial charge < -0.3 is 4.98 Å². The van der Waals surface area contributed by atoms with Crippen molar-refractivity contribution in [1.82, 2.24) is 24.6 Å². The van der Waals surface area contributed by atoms with Crippen LogP contribution in [0, 0.1) is 20.8 Å². The molecule has 0 radical (unpaired) electrons. The summed E-state index contributed by atoms with van der Waals surface area (Å²) < 4.78 is 1.41. The van der Waals surface area contributed by atoms with Gasteiger partial charge in [-0.3, -0.25) is 14.7 Å². The molecule has 0 spiro atoms. The zero-order valence-corrected chi connectivity index (χ0v) is 15.3. The normalized spacial score (nSPS) is 11.2. The van der Waals surface area contributed by atoms with Gasteiger partial charge in [0.2, 0.25) is 0 Å². The van der Waals surface area contributed by atoms with Gasteiger partial charge in [-0.1, -0.05) is 29.8 Å². The number of nitrogens with one attached hydrogen (secondary N) is 2. The van der Waals surface area contributed by atoms with Crippen molar-refractivity contribution in [3.8, 4) is 11.1 Å². The predicted molar refractivity (Wildman–Crippen MR) is 103 cm³/mol. The molecule has 0 unspecified atom stereocenters. The Hall–Kier alpha value is -3.48. The third kappa shape index (κ3) is 3.08. The van der Waals surface area contributed by atoms with Gasteiger partial charge in [0.1, 0.15) is 5.82 Å². The minimum Gasteiger partial charge on any atom is -0.311 e. The Labute approximate surface area is 154 Å². The zero-order valence-electron chi connectivity index (χ0n) is 15.3. The van der Waals surface area contributed by atoms with E-state index in [0.717, 1.165) is 16.7 Å². The molecule has 136 valence electrons. The first-order valence-electron chi connectivity index (χ1n) is 8.66. The minimum absolute atomic E-state index is 0.199. The summed E-state index contributed by atoms with van der Waals surface area (Å²) in [6, 6.07) is 9.47. The van der Waals surface area contributed by atoms with E-state index in [4.69, 9.17) is 0 Å². The van der Waals surface area contributed by atoms with Crippen LogP contribution < -0.4 is 11.1 Å². The van der Waals surface area contributed by atoms with Gasteiger partial charge in [0.15, 0.2) is 5.65 Å². The van der Waals surface area contributed by atoms with E-state index in [0.29, 0.717) is 28.4 Å². The highest BCUT2D eigenvalue weighted by Gasteiger charge is 2.14. The molecule has 0 fully saturated rings. The quantitative estimate of drug-likeness (QED) is 0.585. The number of aromatic nitrogens is 5. The lowest BCUT2D eigenvalue weighted by Crippen LogP contribution is -2.20. The Morgan fingerprint density at radius 2 is 1.78 bits per heavy atom. The molecule has 0 aliphatic carbocycles. The van der Waals surface area contributed by atoms with Gasteiger partial charge >= 0.3 is 0 Å². The maximum atomic E-state index is 12.5. The van der Waals surface area contributed by atoms with E-state index in [2.05, 4.69) is 20.1 Å². The number of hydrogen-bond acceptors (Lipinski definition) is 4. The molecule has 4 aromatic rings. The molecule has 27 heavy (non-hydrogen) atoms. The number of benzene rings is 1. The first-order valence-corrected chi connectivity index (χ1v) is 8.66. The highest BCUT2D eigenvalue weighted by atomic mass is 16.1. The van der Waals surface area contributed by atoms with Gasteiger partial charge in [0.05, 0.1) is 5.69 Å². The molecule has 3 heterocycles. The monoisotopic (exact) mass is 361 g/mol. The molecule has 1 aromatic carbocycles. The molecule has 0 amide bonds. The van der Waals surface area contributed by atoms with Crippen molar-refractivity contribution in [1.29, 1.82) is 0 Å². The second-order valence-electron chi connectivity index (χ2n) is 6.69. The second-order valence-corrected chi connectivity index (χ2v) is 6.69. The van der Waals surface area contributed by atoms with Gasteiger partial charge in [-0.2, -0.15) is 0 Å². The van der Waals surface area contributed by atoms with E-state index in [1.54, 1.807) is 20.0 Å². The van der Waals surface area contributed by atoms with E-state index >= 15 is 0 Å². The lowest BCUT2D eigenvalue weighted by Gasteiger charge is -2.06. The van der Waals surface area contributed by atoms with Crippen LogP contribution >= 0.6 is 0 Å². The van der Waals surface area contributed by atoms with Crippen LogP contribution in [0.2, 0.25) is 0 Å². The summed E-state index contributed by atoms with van der Waals surface area (Å²) in [6.07, 6.45) is 2.02. The van der Waals surface area contributed by atoms with E-state index in [9.17, 15) is 9.59 Å². The third-order valence-electron chi connectivity index (χ3n) is 4.61. The van der Waals surface area contributed by atoms with Crippen molar-refractivity contribution in [2.24, 2.45) is 0 Å². The van der Waals surface area contributed by atoms with Crippen molar-refractivity contribution < 1.29 is 0 Å². The number of fused-ring (bicyclic) bond motifs is 1. The minimum atomic E-state index is -0.220. The summed E-state index contributed by atoms with van der Waals surface area (Å²) in [4.78, 5) is 36.4. The maximum Gasteiger partial charge on any atom is 0.272 e.